The molecular weight excluding hydrogens is 806 g/mol. The van der Waals surface area contributed by atoms with E-state index in [4.69, 9.17) is 0 Å². The molecule has 0 saturated heterocycles. The molecule has 0 heterocycles. The van der Waals surface area contributed by atoms with Gasteiger partial charge in [0.1, 0.15) is 17.3 Å². The van der Waals surface area contributed by atoms with Crippen LogP contribution in [0.1, 0.15) is 18.1 Å². The number of hydrogen-bond acceptors (Lipinski definition) is 0. The third kappa shape index (κ3) is 11.2. The monoisotopic (exact) mass is 826 g/mol. The molecule has 2 aromatic rings. The van der Waals surface area contributed by atoms with Gasteiger partial charge in [-0.1, -0.05) is 60.7 Å². The number of rotatable bonds is 5. The SMILES string of the molecule is CC[S+](Cc1ccccc1)Cc1ccccc1.[Hg+2].[I-].[I-].[I-]. The van der Waals surface area contributed by atoms with Gasteiger partial charge < -0.3 is 71.9 Å². The smallest absolute Gasteiger partial charge is 1.00 e. The van der Waals surface area contributed by atoms with Crippen LogP contribution in [-0.4, -0.2) is 5.75 Å². The maximum absolute atomic E-state index is 2.30. The average Bonchev–Trinajstić information content (AvgIpc) is 2.40. The molecule has 21 heavy (non-hydrogen) atoms. The van der Waals surface area contributed by atoms with E-state index in [1.165, 1.54) is 28.4 Å². The average molecular weight is 825 g/mol. The van der Waals surface area contributed by atoms with E-state index in [1.807, 2.05) is 0 Å². The Morgan fingerprint density at radius 2 is 1.00 bits per heavy atom. The number of halogens is 3. The fourth-order valence-corrected chi connectivity index (χ4v) is 3.71. The molecule has 0 aliphatic carbocycles. The van der Waals surface area contributed by atoms with Crippen molar-refractivity contribution in [3.05, 3.63) is 71.8 Å². The molecule has 0 nitrogen and oxygen atoms in total. The van der Waals surface area contributed by atoms with Crippen molar-refractivity contribution in [2.45, 2.75) is 18.4 Å². The van der Waals surface area contributed by atoms with Crippen LogP contribution in [-0.2, 0) is 50.1 Å². The minimum atomic E-state index is 0. The molecule has 0 fully saturated rings. The molecule has 0 spiro atoms. The van der Waals surface area contributed by atoms with Crippen molar-refractivity contribution in [1.82, 2.24) is 0 Å². The summed E-state index contributed by atoms with van der Waals surface area (Å²) < 4.78 is 0. The Bertz CT molecular complexity index is 398. The topological polar surface area (TPSA) is 0 Å². The van der Waals surface area contributed by atoms with Crippen LogP contribution in [0.25, 0.3) is 0 Å². The van der Waals surface area contributed by atoms with Crippen LogP contribution in [0.15, 0.2) is 60.7 Å². The van der Waals surface area contributed by atoms with Gasteiger partial charge in [0.05, 0.1) is 0 Å². The Morgan fingerprint density at radius 1 is 0.667 bits per heavy atom. The normalized spacial score (nSPS) is 8.67. The van der Waals surface area contributed by atoms with Crippen molar-refractivity contribution < 1.29 is 99.6 Å². The van der Waals surface area contributed by atoms with Crippen molar-refractivity contribution in [3.63, 3.8) is 0 Å². The molecule has 0 bridgehead atoms. The molecule has 0 saturated carbocycles. The van der Waals surface area contributed by atoms with Crippen molar-refractivity contribution in [3.8, 4) is 0 Å². The maximum atomic E-state index is 2.30. The standard InChI is InChI=1S/C16H19S.Hg.3HI/c1-2-17(13-15-9-5-3-6-10-15)14-16-11-7-4-8-12-16;;;;/h3-12H,2,13-14H2,1H3;;3*1H/q+1;+2;;;/p-3. The van der Waals surface area contributed by atoms with Crippen LogP contribution in [0, 0.1) is 0 Å². The van der Waals surface area contributed by atoms with Crippen molar-refractivity contribution >= 4 is 10.9 Å². The second kappa shape index (κ2) is 16.8. The first-order chi connectivity index (χ1) is 8.38. The molecule has 0 radical (unpaired) electrons. The van der Waals surface area contributed by atoms with Gasteiger partial charge in [-0.2, -0.15) is 0 Å². The molecule has 0 N–H and O–H groups in total. The van der Waals surface area contributed by atoms with Crippen LogP contribution in [0.2, 0.25) is 0 Å². The van der Waals surface area contributed by atoms with E-state index in [-0.39, 0.29) is 99.6 Å². The van der Waals surface area contributed by atoms with Gasteiger partial charge in [-0.3, -0.25) is 0 Å². The number of benzene rings is 2. The largest absolute Gasteiger partial charge is 2.00 e. The fraction of sp³-hybridized carbons (Fsp3) is 0.250. The van der Waals surface area contributed by atoms with Gasteiger partial charge in [0.25, 0.3) is 0 Å². The Kier molecular flexibility index (Phi) is 22.1. The Balaban J connectivity index is -0.000000810. The van der Waals surface area contributed by atoms with Crippen LogP contribution in [0.3, 0.4) is 0 Å². The van der Waals surface area contributed by atoms with E-state index in [1.54, 1.807) is 0 Å². The van der Waals surface area contributed by atoms with Gasteiger partial charge in [-0.05, 0) is 17.8 Å². The summed E-state index contributed by atoms with van der Waals surface area (Å²) in [4.78, 5) is 0. The summed E-state index contributed by atoms with van der Waals surface area (Å²) in [6.45, 7) is 2.30. The molecule has 0 aliphatic heterocycles. The molecule has 0 atom stereocenters. The summed E-state index contributed by atoms with van der Waals surface area (Å²) in [5.41, 5.74) is 2.93. The van der Waals surface area contributed by atoms with E-state index in [0.29, 0.717) is 10.9 Å². The summed E-state index contributed by atoms with van der Waals surface area (Å²) in [7, 11) is 0.467. The van der Waals surface area contributed by atoms with E-state index >= 15 is 0 Å². The second-order valence-corrected chi connectivity index (χ2v) is 6.54. The predicted molar refractivity (Wildman–Crippen MR) is 78.2 cm³/mol. The van der Waals surface area contributed by atoms with E-state index in [2.05, 4.69) is 67.6 Å². The quantitative estimate of drug-likeness (QED) is 0.161. The summed E-state index contributed by atoms with van der Waals surface area (Å²) in [5.74, 6) is 3.70. The Hall–Kier alpha value is 1.92. The zero-order valence-electron chi connectivity index (χ0n) is 12.1. The van der Waals surface area contributed by atoms with Gasteiger partial charge in [0.15, 0.2) is 0 Å². The van der Waals surface area contributed by atoms with E-state index in [9.17, 15) is 0 Å². The van der Waals surface area contributed by atoms with Gasteiger partial charge >= 0.3 is 27.7 Å². The molecular formula is C16H19HgI3S. The zero-order valence-corrected chi connectivity index (χ0v) is 24.9. The van der Waals surface area contributed by atoms with Gasteiger partial charge in [0, 0.05) is 11.1 Å². The molecule has 5 heteroatoms. The second-order valence-electron chi connectivity index (χ2n) is 4.16. The fourth-order valence-electron chi connectivity index (χ4n) is 1.88. The van der Waals surface area contributed by atoms with E-state index < -0.39 is 0 Å². The minimum Gasteiger partial charge on any atom is -1.00 e. The van der Waals surface area contributed by atoms with Crippen LogP contribution in [0.5, 0.6) is 0 Å². The first-order valence-electron chi connectivity index (χ1n) is 6.10. The van der Waals surface area contributed by atoms with Crippen molar-refractivity contribution in [2.24, 2.45) is 0 Å². The maximum Gasteiger partial charge on any atom is 2.00 e. The molecule has 0 aromatic heterocycles. The summed E-state index contributed by atoms with van der Waals surface area (Å²) in [6.07, 6.45) is 0. The third-order valence-corrected chi connectivity index (χ3v) is 5.14. The van der Waals surface area contributed by atoms with Gasteiger partial charge in [-0.25, -0.2) is 0 Å². The van der Waals surface area contributed by atoms with Gasteiger partial charge in [0.2, 0.25) is 0 Å². The molecule has 2 rings (SSSR count). The molecule has 112 valence electrons. The van der Waals surface area contributed by atoms with Crippen LogP contribution in [0.4, 0.5) is 0 Å². The number of hydrogen-bond donors (Lipinski definition) is 0. The molecule has 0 aliphatic rings. The summed E-state index contributed by atoms with van der Waals surface area (Å²) in [5, 5.41) is 0. The Morgan fingerprint density at radius 3 is 1.29 bits per heavy atom. The third-order valence-electron chi connectivity index (χ3n) is 2.84. The molecule has 2 aromatic carbocycles. The summed E-state index contributed by atoms with van der Waals surface area (Å²) >= 11 is 0. The van der Waals surface area contributed by atoms with Crippen molar-refractivity contribution in [2.75, 3.05) is 5.75 Å². The van der Waals surface area contributed by atoms with Crippen LogP contribution < -0.4 is 71.9 Å². The van der Waals surface area contributed by atoms with E-state index in [0.717, 1.165) is 0 Å². The first kappa shape index (κ1) is 27.7. The molecule has 0 amide bonds. The van der Waals surface area contributed by atoms with Crippen LogP contribution >= 0.6 is 0 Å². The van der Waals surface area contributed by atoms with Gasteiger partial charge in [-0.15, -0.1) is 0 Å². The summed E-state index contributed by atoms with van der Waals surface area (Å²) in [6, 6.07) is 21.7. The molecule has 0 unspecified atom stereocenters. The van der Waals surface area contributed by atoms with Crippen molar-refractivity contribution in [1.29, 1.82) is 0 Å². The zero-order chi connectivity index (χ0) is 11.9. The minimum absolute atomic E-state index is 0. The first-order valence-corrected chi connectivity index (χ1v) is 7.83. The predicted octanol–water partition coefficient (Wildman–Crippen LogP) is -4.97. The Labute approximate surface area is 203 Å².